The largest absolute Gasteiger partial charge is 0.326 e. The van der Waals surface area contributed by atoms with E-state index < -0.39 is 0 Å². The van der Waals surface area contributed by atoms with Crippen LogP contribution < -0.4 is 10.6 Å². The van der Waals surface area contributed by atoms with E-state index in [1.54, 1.807) is 0 Å². The second kappa shape index (κ2) is 6.55. The van der Waals surface area contributed by atoms with Gasteiger partial charge in [-0.15, -0.1) is 0 Å². The van der Waals surface area contributed by atoms with E-state index in [-0.39, 0.29) is 11.8 Å². The van der Waals surface area contributed by atoms with Crippen LogP contribution in [-0.4, -0.2) is 19.5 Å². The van der Waals surface area contributed by atoms with Gasteiger partial charge in [0.1, 0.15) is 0 Å². The van der Waals surface area contributed by atoms with Crippen molar-refractivity contribution in [1.82, 2.24) is 5.32 Å². The zero-order chi connectivity index (χ0) is 13.7. The highest BCUT2D eigenvalue weighted by Gasteiger charge is 2.21. The predicted molar refractivity (Wildman–Crippen MR) is 76.8 cm³/mol. The molecule has 1 rings (SSSR count). The van der Waals surface area contributed by atoms with Crippen LogP contribution in [-0.2, 0) is 4.79 Å². The first kappa shape index (κ1) is 14.7. The molecule has 0 fully saturated rings. The molecule has 1 aromatic rings. The van der Waals surface area contributed by atoms with Gasteiger partial charge in [-0.05, 0) is 44.0 Å². The van der Waals surface area contributed by atoms with E-state index in [9.17, 15) is 4.79 Å². The highest BCUT2D eigenvalue weighted by Crippen LogP contribution is 2.20. The number of amides is 1. The fourth-order valence-electron chi connectivity index (χ4n) is 1.96. The molecule has 0 bridgehead atoms. The van der Waals surface area contributed by atoms with Crippen LogP contribution >= 0.6 is 0 Å². The SMILES string of the molecule is CNCC(C(=O)Nc1cccc(C)c1C)C(C)C. The van der Waals surface area contributed by atoms with Crippen LogP contribution in [0.4, 0.5) is 5.69 Å². The fraction of sp³-hybridized carbons (Fsp3) is 0.533. The van der Waals surface area contributed by atoms with E-state index in [2.05, 4.69) is 37.5 Å². The maximum Gasteiger partial charge on any atom is 0.229 e. The van der Waals surface area contributed by atoms with E-state index in [0.717, 1.165) is 11.3 Å². The molecule has 0 aromatic heterocycles. The number of hydrogen-bond donors (Lipinski definition) is 2. The maximum atomic E-state index is 12.3. The lowest BCUT2D eigenvalue weighted by atomic mass is 9.94. The highest BCUT2D eigenvalue weighted by atomic mass is 16.1. The van der Waals surface area contributed by atoms with Crippen molar-refractivity contribution in [2.75, 3.05) is 18.9 Å². The van der Waals surface area contributed by atoms with Crippen LogP contribution in [0.3, 0.4) is 0 Å². The number of aryl methyl sites for hydroxylation is 1. The third-order valence-corrected chi connectivity index (χ3v) is 3.43. The number of carbonyl (C=O) groups excluding carboxylic acids is 1. The van der Waals surface area contributed by atoms with Crippen LogP contribution in [0.1, 0.15) is 25.0 Å². The fourth-order valence-corrected chi connectivity index (χ4v) is 1.96. The Labute approximate surface area is 110 Å². The van der Waals surface area contributed by atoms with E-state index in [1.807, 2.05) is 26.1 Å². The van der Waals surface area contributed by atoms with Crippen molar-refractivity contribution in [2.45, 2.75) is 27.7 Å². The number of benzene rings is 1. The summed E-state index contributed by atoms with van der Waals surface area (Å²) in [5.74, 6) is 0.408. The lowest BCUT2D eigenvalue weighted by Crippen LogP contribution is -2.34. The van der Waals surface area contributed by atoms with Crippen molar-refractivity contribution in [3.05, 3.63) is 29.3 Å². The Morgan fingerprint density at radius 1 is 1.28 bits per heavy atom. The molecule has 3 nitrogen and oxygen atoms in total. The van der Waals surface area contributed by atoms with Gasteiger partial charge in [0.25, 0.3) is 0 Å². The van der Waals surface area contributed by atoms with Crippen molar-refractivity contribution in [2.24, 2.45) is 11.8 Å². The molecule has 3 heteroatoms. The normalized spacial score (nSPS) is 12.6. The molecule has 0 aliphatic carbocycles. The smallest absolute Gasteiger partial charge is 0.229 e. The van der Waals surface area contributed by atoms with Crippen LogP contribution in [0.2, 0.25) is 0 Å². The molecule has 0 saturated heterocycles. The highest BCUT2D eigenvalue weighted by molar-refractivity contribution is 5.93. The van der Waals surface area contributed by atoms with Gasteiger partial charge in [0.2, 0.25) is 5.91 Å². The minimum Gasteiger partial charge on any atom is -0.326 e. The molecule has 0 aliphatic heterocycles. The molecule has 2 N–H and O–H groups in total. The summed E-state index contributed by atoms with van der Waals surface area (Å²) >= 11 is 0. The van der Waals surface area contributed by atoms with E-state index in [1.165, 1.54) is 5.56 Å². The lowest BCUT2D eigenvalue weighted by molar-refractivity contribution is -0.120. The number of nitrogens with one attached hydrogen (secondary N) is 2. The van der Waals surface area contributed by atoms with Gasteiger partial charge >= 0.3 is 0 Å². The Morgan fingerprint density at radius 2 is 1.94 bits per heavy atom. The van der Waals surface area contributed by atoms with Crippen molar-refractivity contribution < 1.29 is 4.79 Å². The Kier molecular flexibility index (Phi) is 5.35. The molecule has 18 heavy (non-hydrogen) atoms. The Balaban J connectivity index is 2.82. The van der Waals surface area contributed by atoms with Gasteiger partial charge in [0.05, 0.1) is 5.92 Å². The summed E-state index contributed by atoms with van der Waals surface area (Å²) in [6.45, 7) is 8.94. The molecule has 0 radical (unpaired) electrons. The summed E-state index contributed by atoms with van der Waals surface area (Å²) in [7, 11) is 1.88. The maximum absolute atomic E-state index is 12.3. The summed E-state index contributed by atoms with van der Waals surface area (Å²) in [5.41, 5.74) is 3.25. The van der Waals surface area contributed by atoms with Crippen LogP contribution in [0.25, 0.3) is 0 Å². The van der Waals surface area contributed by atoms with E-state index in [4.69, 9.17) is 0 Å². The van der Waals surface area contributed by atoms with Gasteiger partial charge < -0.3 is 10.6 Å². The molecule has 1 atom stereocenters. The third-order valence-electron chi connectivity index (χ3n) is 3.43. The van der Waals surface area contributed by atoms with Crippen molar-refractivity contribution in [1.29, 1.82) is 0 Å². The molecule has 100 valence electrons. The minimum absolute atomic E-state index is 0.00471. The second-order valence-corrected chi connectivity index (χ2v) is 5.14. The molecular weight excluding hydrogens is 224 g/mol. The molecule has 1 amide bonds. The molecular formula is C15H24N2O. The van der Waals surface area contributed by atoms with Gasteiger partial charge in [0, 0.05) is 12.2 Å². The summed E-state index contributed by atoms with van der Waals surface area (Å²) in [5, 5.41) is 6.12. The van der Waals surface area contributed by atoms with E-state index >= 15 is 0 Å². The zero-order valence-corrected chi connectivity index (χ0v) is 12.0. The van der Waals surface area contributed by atoms with Crippen molar-refractivity contribution in [3.8, 4) is 0 Å². The molecule has 0 aliphatic rings. The average Bonchev–Trinajstić information content (AvgIpc) is 2.31. The average molecular weight is 248 g/mol. The first-order valence-electron chi connectivity index (χ1n) is 6.49. The monoisotopic (exact) mass is 248 g/mol. The van der Waals surface area contributed by atoms with Crippen LogP contribution in [0.5, 0.6) is 0 Å². The van der Waals surface area contributed by atoms with Crippen molar-refractivity contribution in [3.63, 3.8) is 0 Å². The summed E-state index contributed by atoms with van der Waals surface area (Å²) in [6, 6.07) is 5.98. The first-order chi connectivity index (χ1) is 8.47. The number of hydrogen-bond acceptors (Lipinski definition) is 2. The zero-order valence-electron chi connectivity index (χ0n) is 12.0. The molecule has 0 saturated carbocycles. The van der Waals surface area contributed by atoms with Gasteiger partial charge in [-0.25, -0.2) is 0 Å². The Morgan fingerprint density at radius 3 is 2.50 bits per heavy atom. The Hall–Kier alpha value is -1.35. The second-order valence-electron chi connectivity index (χ2n) is 5.14. The van der Waals surface area contributed by atoms with E-state index in [0.29, 0.717) is 12.5 Å². The first-order valence-corrected chi connectivity index (χ1v) is 6.49. The molecule has 0 heterocycles. The minimum atomic E-state index is -0.00471. The summed E-state index contributed by atoms with van der Waals surface area (Å²) < 4.78 is 0. The standard InChI is InChI=1S/C15H24N2O/c1-10(2)13(9-16-5)15(18)17-14-8-6-7-11(3)12(14)4/h6-8,10,13,16H,9H2,1-5H3,(H,17,18). The van der Waals surface area contributed by atoms with Gasteiger partial charge in [-0.3, -0.25) is 4.79 Å². The number of carbonyl (C=O) groups is 1. The number of anilines is 1. The van der Waals surface area contributed by atoms with Crippen LogP contribution in [0, 0.1) is 25.7 Å². The predicted octanol–water partition coefficient (Wildman–Crippen LogP) is 2.73. The molecule has 1 unspecified atom stereocenters. The molecule has 0 spiro atoms. The number of rotatable bonds is 5. The van der Waals surface area contributed by atoms with Crippen molar-refractivity contribution >= 4 is 11.6 Å². The summed E-state index contributed by atoms with van der Waals surface area (Å²) in [6.07, 6.45) is 0. The van der Waals surface area contributed by atoms with Gasteiger partial charge in [-0.1, -0.05) is 26.0 Å². The van der Waals surface area contributed by atoms with Gasteiger partial charge in [0.15, 0.2) is 0 Å². The third kappa shape index (κ3) is 3.57. The summed E-state index contributed by atoms with van der Waals surface area (Å²) in [4.78, 5) is 12.3. The van der Waals surface area contributed by atoms with Crippen LogP contribution in [0.15, 0.2) is 18.2 Å². The quantitative estimate of drug-likeness (QED) is 0.841. The molecule has 1 aromatic carbocycles. The lowest BCUT2D eigenvalue weighted by Gasteiger charge is -2.20. The topological polar surface area (TPSA) is 41.1 Å². The Bertz CT molecular complexity index is 413. The van der Waals surface area contributed by atoms with Gasteiger partial charge in [-0.2, -0.15) is 0 Å².